The zero-order valence-electron chi connectivity index (χ0n) is 17.9. The fourth-order valence-electron chi connectivity index (χ4n) is 3.42. The first-order chi connectivity index (χ1) is 15.1. The summed E-state index contributed by atoms with van der Waals surface area (Å²) < 4.78 is 5.44. The van der Waals surface area contributed by atoms with Gasteiger partial charge in [-0.05, 0) is 29.7 Å². The van der Waals surface area contributed by atoms with Crippen LogP contribution in [-0.2, 0) is 9.59 Å². The lowest BCUT2D eigenvalue weighted by Gasteiger charge is -2.19. The molecule has 5 nitrogen and oxygen atoms in total. The molecule has 3 rings (SSSR count). The fourth-order valence-corrected chi connectivity index (χ4v) is 3.42. The van der Waals surface area contributed by atoms with Crippen molar-refractivity contribution in [2.24, 2.45) is 0 Å². The first-order valence-electron chi connectivity index (χ1n) is 10.5. The number of ether oxygens (including phenoxy) is 1. The zero-order chi connectivity index (χ0) is 22.1. The Morgan fingerprint density at radius 3 is 2.03 bits per heavy atom. The van der Waals surface area contributed by atoms with E-state index in [1.54, 1.807) is 25.3 Å². The van der Waals surface area contributed by atoms with Gasteiger partial charge in [0.05, 0.1) is 18.7 Å². The number of methoxy groups -OCH3 is 1. The highest BCUT2D eigenvalue weighted by Gasteiger charge is 2.23. The quantitative estimate of drug-likeness (QED) is 0.477. The molecule has 0 aliphatic heterocycles. The summed E-state index contributed by atoms with van der Waals surface area (Å²) in [7, 11) is 1.54. The van der Waals surface area contributed by atoms with E-state index in [9.17, 15) is 9.59 Å². The van der Waals surface area contributed by atoms with Crippen LogP contribution < -0.4 is 15.4 Å². The van der Waals surface area contributed by atoms with Crippen LogP contribution in [0.15, 0.2) is 78.9 Å². The number of nitrogens with one attached hydrogen (secondary N) is 2. The summed E-state index contributed by atoms with van der Waals surface area (Å²) in [6.45, 7) is 2.05. The van der Waals surface area contributed by atoms with E-state index in [-0.39, 0.29) is 11.8 Å². The van der Waals surface area contributed by atoms with Crippen LogP contribution in [0.4, 0.5) is 11.4 Å². The topological polar surface area (TPSA) is 67.4 Å². The summed E-state index contributed by atoms with van der Waals surface area (Å²) in [4.78, 5) is 25.3. The van der Waals surface area contributed by atoms with Crippen molar-refractivity contribution in [2.45, 2.75) is 32.1 Å². The minimum atomic E-state index is -0.443. The Balaban J connectivity index is 1.81. The molecule has 2 amide bonds. The Morgan fingerprint density at radius 2 is 1.48 bits per heavy atom. The van der Waals surface area contributed by atoms with Crippen LogP contribution in [0.2, 0.25) is 0 Å². The maximum atomic E-state index is 13.3. The molecule has 3 aromatic rings. The van der Waals surface area contributed by atoms with E-state index < -0.39 is 5.92 Å². The molecule has 160 valence electrons. The second-order valence-electron chi connectivity index (χ2n) is 7.31. The van der Waals surface area contributed by atoms with E-state index in [0.717, 1.165) is 24.0 Å². The first kappa shape index (κ1) is 22.1. The second-order valence-corrected chi connectivity index (χ2v) is 7.31. The average molecular weight is 417 g/mol. The van der Waals surface area contributed by atoms with Crippen molar-refractivity contribution in [3.63, 3.8) is 0 Å². The van der Waals surface area contributed by atoms with Gasteiger partial charge in [0.25, 0.3) is 0 Å². The van der Waals surface area contributed by atoms with Crippen molar-refractivity contribution in [3.05, 3.63) is 90.0 Å². The minimum Gasteiger partial charge on any atom is -0.494 e. The van der Waals surface area contributed by atoms with Crippen LogP contribution >= 0.6 is 0 Å². The molecule has 0 fully saturated rings. The maximum Gasteiger partial charge on any atom is 0.236 e. The number of carbonyl (C=O) groups is 2. The molecule has 0 unspecified atom stereocenters. The highest BCUT2D eigenvalue weighted by atomic mass is 16.5. The van der Waals surface area contributed by atoms with Crippen molar-refractivity contribution in [3.8, 4) is 5.75 Å². The van der Waals surface area contributed by atoms with Crippen molar-refractivity contribution in [2.75, 3.05) is 17.7 Å². The molecule has 0 saturated carbocycles. The predicted octanol–water partition coefficient (Wildman–Crippen LogP) is 5.59. The monoisotopic (exact) mass is 416 g/mol. The van der Waals surface area contributed by atoms with E-state index in [1.807, 2.05) is 67.6 Å². The average Bonchev–Trinajstić information content (AvgIpc) is 2.80. The lowest BCUT2D eigenvalue weighted by atomic mass is 9.90. The molecular weight excluding hydrogens is 388 g/mol. The van der Waals surface area contributed by atoms with Crippen LogP contribution in [0.1, 0.15) is 43.2 Å². The van der Waals surface area contributed by atoms with Crippen molar-refractivity contribution in [1.82, 2.24) is 0 Å². The first-order valence-corrected chi connectivity index (χ1v) is 10.5. The zero-order valence-corrected chi connectivity index (χ0v) is 17.9. The molecule has 5 heteroatoms. The van der Waals surface area contributed by atoms with E-state index in [0.29, 0.717) is 23.5 Å². The predicted molar refractivity (Wildman–Crippen MR) is 125 cm³/mol. The molecule has 0 radical (unpaired) electrons. The molecule has 0 saturated heterocycles. The Kier molecular flexibility index (Phi) is 7.82. The third-order valence-electron chi connectivity index (χ3n) is 5.03. The van der Waals surface area contributed by atoms with E-state index in [2.05, 4.69) is 10.6 Å². The highest BCUT2D eigenvalue weighted by Crippen LogP contribution is 2.30. The van der Waals surface area contributed by atoms with Crippen LogP contribution in [0, 0.1) is 0 Å². The molecule has 0 atom stereocenters. The Morgan fingerprint density at radius 1 is 0.871 bits per heavy atom. The Bertz CT molecular complexity index is 964. The van der Waals surface area contributed by atoms with Gasteiger partial charge in [-0.3, -0.25) is 9.59 Å². The van der Waals surface area contributed by atoms with Crippen molar-refractivity contribution < 1.29 is 14.3 Å². The third kappa shape index (κ3) is 5.95. The summed E-state index contributed by atoms with van der Waals surface area (Å²) in [5.41, 5.74) is 3.02. The maximum absolute atomic E-state index is 13.3. The number of benzene rings is 3. The molecular formula is C26H28N2O3. The molecule has 0 heterocycles. The molecule has 0 aliphatic rings. The van der Waals surface area contributed by atoms with Gasteiger partial charge in [-0.2, -0.15) is 0 Å². The summed E-state index contributed by atoms with van der Waals surface area (Å²) in [6.07, 6.45) is 2.26. The number of carbonyl (C=O) groups excluding carboxylic acids is 2. The molecule has 3 aromatic carbocycles. The van der Waals surface area contributed by atoms with Gasteiger partial charge in [0.1, 0.15) is 5.75 Å². The van der Waals surface area contributed by atoms with Gasteiger partial charge in [0.2, 0.25) is 11.8 Å². The third-order valence-corrected chi connectivity index (χ3v) is 5.03. The van der Waals surface area contributed by atoms with Crippen LogP contribution in [-0.4, -0.2) is 18.9 Å². The van der Waals surface area contributed by atoms with Crippen molar-refractivity contribution in [1.29, 1.82) is 0 Å². The van der Waals surface area contributed by atoms with Crippen LogP contribution in [0.3, 0.4) is 0 Å². The highest BCUT2D eigenvalue weighted by molar-refractivity contribution is 5.99. The number of anilines is 2. The van der Waals surface area contributed by atoms with E-state index in [4.69, 9.17) is 4.74 Å². The number of hydrogen-bond donors (Lipinski definition) is 2. The summed E-state index contributed by atoms with van der Waals surface area (Å²) in [5, 5.41) is 5.87. The van der Waals surface area contributed by atoms with Gasteiger partial charge in [-0.1, -0.05) is 74.0 Å². The number of hydrogen-bond acceptors (Lipinski definition) is 3. The van der Waals surface area contributed by atoms with E-state index >= 15 is 0 Å². The number of unbranched alkanes of at least 4 members (excludes halogenated alkanes) is 1. The summed E-state index contributed by atoms with van der Waals surface area (Å²) >= 11 is 0. The number of rotatable bonds is 9. The minimum absolute atomic E-state index is 0.0508. The molecule has 0 spiro atoms. The molecule has 0 bridgehead atoms. The van der Waals surface area contributed by atoms with Gasteiger partial charge in [-0.25, -0.2) is 0 Å². The Labute approximate surface area is 183 Å². The van der Waals surface area contributed by atoms with Gasteiger partial charge in [-0.15, -0.1) is 0 Å². The summed E-state index contributed by atoms with van der Waals surface area (Å²) in [6, 6.07) is 24.6. The lowest BCUT2D eigenvalue weighted by Crippen LogP contribution is -2.22. The van der Waals surface area contributed by atoms with Gasteiger partial charge < -0.3 is 15.4 Å². The van der Waals surface area contributed by atoms with Gasteiger partial charge in [0.15, 0.2) is 0 Å². The smallest absolute Gasteiger partial charge is 0.236 e. The standard InChI is InChI=1S/C26H28N2O3/c1-3-4-15-24(29)28-22-17-16-21(18-23(22)31-2)27-26(30)25(19-11-7-5-8-12-19)20-13-9-6-10-14-20/h5-14,16-18,25H,3-4,15H2,1-2H3,(H,27,30)(H,28,29). The normalized spacial score (nSPS) is 10.5. The summed E-state index contributed by atoms with van der Waals surface area (Å²) in [5.74, 6) is -0.134. The second kappa shape index (κ2) is 11.0. The molecule has 2 N–H and O–H groups in total. The van der Waals surface area contributed by atoms with E-state index in [1.165, 1.54) is 0 Å². The van der Waals surface area contributed by atoms with Gasteiger partial charge >= 0.3 is 0 Å². The van der Waals surface area contributed by atoms with Gasteiger partial charge in [0, 0.05) is 18.2 Å². The van der Waals surface area contributed by atoms with Crippen molar-refractivity contribution >= 4 is 23.2 Å². The van der Waals surface area contributed by atoms with Crippen LogP contribution in [0.5, 0.6) is 5.75 Å². The largest absolute Gasteiger partial charge is 0.494 e. The fraction of sp³-hybridized carbons (Fsp3) is 0.231. The van der Waals surface area contributed by atoms with Crippen LogP contribution in [0.25, 0.3) is 0 Å². The SMILES string of the molecule is CCCCC(=O)Nc1ccc(NC(=O)C(c2ccccc2)c2ccccc2)cc1OC. The Hall–Kier alpha value is -3.60. The number of amides is 2. The molecule has 0 aromatic heterocycles. The molecule has 0 aliphatic carbocycles. The lowest BCUT2D eigenvalue weighted by molar-refractivity contribution is -0.117. The molecule has 31 heavy (non-hydrogen) atoms.